The van der Waals surface area contributed by atoms with E-state index in [0.717, 1.165) is 31.0 Å². The fourth-order valence-electron chi connectivity index (χ4n) is 1.90. The molecule has 0 aliphatic heterocycles. The fraction of sp³-hybridized carbons (Fsp3) is 0.588. The lowest BCUT2D eigenvalue weighted by molar-refractivity contribution is -0.143. The maximum atomic E-state index is 12.4. The van der Waals surface area contributed by atoms with Crippen LogP contribution in [0.15, 0.2) is 24.3 Å². The first-order valence-corrected chi connectivity index (χ1v) is 9.71. The lowest BCUT2D eigenvalue weighted by atomic mass is 10.3. The van der Waals surface area contributed by atoms with Gasteiger partial charge in [-0.3, -0.25) is 4.79 Å². The van der Waals surface area contributed by atoms with Crippen LogP contribution in [-0.2, 0) is 14.1 Å². The van der Waals surface area contributed by atoms with Gasteiger partial charge in [-0.15, -0.1) is 0 Å². The van der Waals surface area contributed by atoms with Crippen molar-refractivity contribution in [3.63, 3.8) is 0 Å². The number of carbonyl (C=O) groups is 1. The van der Waals surface area contributed by atoms with Gasteiger partial charge >= 0.3 is 5.97 Å². The van der Waals surface area contributed by atoms with Crippen molar-refractivity contribution < 1.29 is 18.8 Å². The van der Waals surface area contributed by atoms with Crippen LogP contribution in [0.1, 0.15) is 46.0 Å². The van der Waals surface area contributed by atoms with Crippen molar-refractivity contribution in [2.75, 3.05) is 19.4 Å². The Balaban J connectivity index is 2.49. The van der Waals surface area contributed by atoms with E-state index in [2.05, 4.69) is 6.92 Å². The van der Waals surface area contributed by atoms with Crippen LogP contribution >= 0.6 is 7.80 Å². The average Bonchev–Trinajstić information content (AvgIpc) is 2.53. The van der Waals surface area contributed by atoms with E-state index in [1.165, 1.54) is 0 Å². The number of hydrogen-bond acceptors (Lipinski definition) is 4. The summed E-state index contributed by atoms with van der Waals surface area (Å²) in [6.07, 6.45) is 4.43. The van der Waals surface area contributed by atoms with Crippen molar-refractivity contribution in [3.8, 4) is 5.75 Å². The first-order chi connectivity index (χ1) is 10.7. The number of rotatable bonds is 11. The largest absolute Gasteiger partial charge is 0.493 e. The molecule has 0 aliphatic carbocycles. The normalized spacial score (nSPS) is 11.9. The molecule has 5 heteroatoms. The minimum atomic E-state index is -2.03. The molecule has 4 nitrogen and oxygen atoms in total. The van der Waals surface area contributed by atoms with E-state index in [0.29, 0.717) is 25.1 Å². The lowest BCUT2D eigenvalue weighted by Gasteiger charge is -2.11. The van der Waals surface area contributed by atoms with Crippen molar-refractivity contribution in [2.45, 2.75) is 46.0 Å². The Morgan fingerprint density at radius 1 is 1.09 bits per heavy atom. The minimum Gasteiger partial charge on any atom is -0.493 e. The van der Waals surface area contributed by atoms with Gasteiger partial charge in [-0.25, -0.2) is 0 Å². The van der Waals surface area contributed by atoms with Gasteiger partial charge in [0.25, 0.3) is 0 Å². The van der Waals surface area contributed by atoms with Crippen LogP contribution in [0.3, 0.4) is 0 Å². The molecule has 0 aliphatic rings. The third kappa shape index (κ3) is 7.13. The van der Waals surface area contributed by atoms with E-state index in [-0.39, 0.29) is 12.4 Å². The van der Waals surface area contributed by atoms with Crippen LogP contribution in [0, 0.1) is 0 Å². The number of ether oxygens (including phenoxy) is 2. The molecule has 0 amide bonds. The average molecular weight is 326 g/mol. The third-order valence-corrected chi connectivity index (χ3v) is 4.98. The molecule has 0 fully saturated rings. The van der Waals surface area contributed by atoms with Gasteiger partial charge < -0.3 is 14.0 Å². The molecule has 1 aromatic rings. The predicted molar refractivity (Wildman–Crippen MR) is 90.8 cm³/mol. The second-order valence-corrected chi connectivity index (χ2v) is 7.08. The number of para-hydroxylation sites is 1. The highest BCUT2D eigenvalue weighted by Gasteiger charge is 2.13. The van der Waals surface area contributed by atoms with Gasteiger partial charge in [0.05, 0.1) is 24.9 Å². The second-order valence-electron chi connectivity index (χ2n) is 5.20. The molecular weight excluding hydrogens is 299 g/mol. The Labute approximate surface area is 134 Å². The smallest absolute Gasteiger partial charge is 0.306 e. The number of unbranched alkanes of at least 4 members (excludes halogenated alkanes) is 2. The minimum absolute atomic E-state index is 0.199. The zero-order chi connectivity index (χ0) is 16.2. The molecule has 0 aromatic heterocycles. The Hall–Kier alpha value is -1.28. The van der Waals surface area contributed by atoms with Crippen molar-refractivity contribution >= 4 is 19.1 Å². The van der Waals surface area contributed by atoms with Gasteiger partial charge in [0.1, 0.15) is 13.6 Å². The zero-order valence-corrected chi connectivity index (χ0v) is 14.6. The summed E-state index contributed by atoms with van der Waals surface area (Å²) in [6.45, 7) is 5.22. The molecule has 0 radical (unpaired) electrons. The number of benzene rings is 1. The van der Waals surface area contributed by atoms with E-state index in [1.807, 2.05) is 31.2 Å². The van der Waals surface area contributed by atoms with Crippen molar-refractivity contribution in [3.05, 3.63) is 24.3 Å². The van der Waals surface area contributed by atoms with E-state index >= 15 is 0 Å². The highest BCUT2D eigenvalue weighted by Crippen LogP contribution is 2.27. The topological polar surface area (TPSA) is 52.6 Å². The van der Waals surface area contributed by atoms with E-state index in [4.69, 9.17) is 9.47 Å². The molecule has 1 unspecified atom stereocenters. The van der Waals surface area contributed by atoms with Crippen molar-refractivity contribution in [1.82, 2.24) is 0 Å². The maximum Gasteiger partial charge on any atom is 0.306 e. The summed E-state index contributed by atoms with van der Waals surface area (Å²) < 4.78 is 23.2. The van der Waals surface area contributed by atoms with Crippen LogP contribution in [0.4, 0.5) is 0 Å². The van der Waals surface area contributed by atoms with Gasteiger partial charge in [-0.2, -0.15) is 0 Å². The summed E-state index contributed by atoms with van der Waals surface area (Å²) >= 11 is 0. The summed E-state index contributed by atoms with van der Waals surface area (Å²) in [5.74, 6) is 0.412. The van der Waals surface area contributed by atoms with Gasteiger partial charge in [0, 0.05) is 6.16 Å². The van der Waals surface area contributed by atoms with Crippen molar-refractivity contribution in [2.24, 2.45) is 0 Å². The van der Waals surface area contributed by atoms with Crippen molar-refractivity contribution in [1.29, 1.82) is 0 Å². The molecule has 0 saturated heterocycles. The second kappa shape index (κ2) is 11.3. The SMILES string of the molecule is CCCCOC(=O)CC[PH](=O)c1ccccc1OCCCC. The Bertz CT molecular complexity index is 473. The highest BCUT2D eigenvalue weighted by atomic mass is 31.1. The zero-order valence-electron chi connectivity index (χ0n) is 13.6. The monoisotopic (exact) mass is 326 g/mol. The summed E-state index contributed by atoms with van der Waals surface area (Å²) in [4.78, 5) is 11.6. The summed E-state index contributed by atoms with van der Waals surface area (Å²) in [5.41, 5.74) is 0. The van der Waals surface area contributed by atoms with Gasteiger partial charge in [-0.05, 0) is 25.0 Å². The van der Waals surface area contributed by atoms with Gasteiger partial charge in [0.2, 0.25) is 0 Å². The van der Waals surface area contributed by atoms with Crippen LogP contribution < -0.4 is 10.0 Å². The molecule has 0 bridgehead atoms. The molecule has 0 spiro atoms. The number of carbonyl (C=O) groups excluding carboxylic acids is 1. The molecule has 1 rings (SSSR count). The lowest BCUT2D eigenvalue weighted by Crippen LogP contribution is -2.10. The van der Waals surface area contributed by atoms with Gasteiger partial charge in [-0.1, -0.05) is 38.8 Å². The maximum absolute atomic E-state index is 12.4. The van der Waals surface area contributed by atoms with E-state index < -0.39 is 7.80 Å². The summed E-state index contributed by atoms with van der Waals surface area (Å²) in [6, 6.07) is 7.39. The quantitative estimate of drug-likeness (QED) is 0.353. The Morgan fingerprint density at radius 3 is 2.50 bits per heavy atom. The van der Waals surface area contributed by atoms with Crippen LogP contribution in [0.2, 0.25) is 0 Å². The predicted octanol–water partition coefficient (Wildman–Crippen LogP) is 3.78. The standard InChI is InChI=1S/C17H27O4P/c1-3-5-12-20-15-9-7-8-10-16(15)22(19)14-11-17(18)21-13-6-4-2/h7-10,22H,3-6,11-14H2,1-2H3. The van der Waals surface area contributed by atoms with E-state index in [1.54, 1.807) is 0 Å². The molecule has 0 heterocycles. The molecule has 1 atom stereocenters. The number of esters is 1. The first kappa shape index (κ1) is 18.8. The van der Waals surface area contributed by atoms with Crippen LogP contribution in [0.25, 0.3) is 0 Å². The van der Waals surface area contributed by atoms with Crippen LogP contribution in [0.5, 0.6) is 5.75 Å². The Morgan fingerprint density at radius 2 is 1.77 bits per heavy atom. The third-order valence-electron chi connectivity index (χ3n) is 3.26. The molecule has 124 valence electrons. The van der Waals surface area contributed by atoms with E-state index in [9.17, 15) is 9.36 Å². The first-order valence-electron chi connectivity index (χ1n) is 8.09. The number of hydrogen-bond donors (Lipinski definition) is 0. The van der Waals surface area contributed by atoms with Crippen LogP contribution in [-0.4, -0.2) is 25.3 Å². The molecular formula is C17H27O4P. The molecule has 22 heavy (non-hydrogen) atoms. The summed E-state index contributed by atoms with van der Waals surface area (Å²) in [7, 11) is -2.03. The molecule has 1 aromatic carbocycles. The molecule has 0 N–H and O–H groups in total. The molecule has 0 saturated carbocycles. The fourth-order valence-corrected chi connectivity index (χ4v) is 3.32. The summed E-state index contributed by atoms with van der Waals surface area (Å²) in [5, 5.41) is 0.727. The Kier molecular flexibility index (Phi) is 9.65. The van der Waals surface area contributed by atoms with Gasteiger partial charge in [0.15, 0.2) is 0 Å². The highest BCUT2D eigenvalue weighted by molar-refractivity contribution is 7.53.